The molecule has 0 aromatic carbocycles. The molecular weight excluding hydrogens is 204 g/mol. The molecule has 0 bridgehead atoms. The Balaban J connectivity index is 3.03. The SMILES string of the molecule is CC(C)C1(Cl)CC(C(=O)O)=CC=C1O. The second kappa shape index (κ2) is 3.65. The van der Waals surface area contributed by atoms with E-state index in [1.165, 1.54) is 12.2 Å². The number of carboxylic acid groups (broad SMARTS) is 1. The molecule has 0 aromatic heterocycles. The minimum Gasteiger partial charge on any atom is -0.510 e. The Morgan fingerprint density at radius 1 is 1.57 bits per heavy atom. The predicted octanol–water partition coefficient (Wildman–Crippen LogP) is 2.48. The van der Waals surface area contributed by atoms with Gasteiger partial charge in [0.15, 0.2) is 0 Å². The highest BCUT2D eigenvalue weighted by molar-refractivity contribution is 6.26. The van der Waals surface area contributed by atoms with E-state index in [4.69, 9.17) is 16.7 Å². The lowest BCUT2D eigenvalue weighted by Gasteiger charge is -2.32. The topological polar surface area (TPSA) is 57.5 Å². The van der Waals surface area contributed by atoms with E-state index in [2.05, 4.69) is 0 Å². The third kappa shape index (κ3) is 1.77. The van der Waals surface area contributed by atoms with Crippen molar-refractivity contribution in [1.29, 1.82) is 0 Å². The van der Waals surface area contributed by atoms with E-state index in [0.717, 1.165) is 0 Å². The maximum absolute atomic E-state index is 10.7. The lowest BCUT2D eigenvalue weighted by molar-refractivity contribution is -0.132. The van der Waals surface area contributed by atoms with E-state index >= 15 is 0 Å². The molecule has 0 heterocycles. The third-order valence-electron chi connectivity index (χ3n) is 2.51. The van der Waals surface area contributed by atoms with Crippen molar-refractivity contribution in [2.24, 2.45) is 5.92 Å². The summed E-state index contributed by atoms with van der Waals surface area (Å²) in [5.74, 6) is -0.970. The molecule has 0 spiro atoms. The Kier molecular flexibility index (Phi) is 2.90. The maximum Gasteiger partial charge on any atom is 0.331 e. The molecule has 0 saturated heterocycles. The van der Waals surface area contributed by atoms with Crippen LogP contribution in [-0.4, -0.2) is 21.1 Å². The first-order valence-electron chi connectivity index (χ1n) is 4.40. The number of carboxylic acids is 1. The van der Waals surface area contributed by atoms with Crippen LogP contribution in [-0.2, 0) is 4.79 Å². The first-order valence-corrected chi connectivity index (χ1v) is 4.78. The zero-order chi connectivity index (χ0) is 10.9. The minimum absolute atomic E-state index is 0.0246. The monoisotopic (exact) mass is 216 g/mol. The summed E-state index contributed by atoms with van der Waals surface area (Å²) in [4.78, 5) is 9.76. The molecule has 3 nitrogen and oxygen atoms in total. The van der Waals surface area contributed by atoms with E-state index in [1.807, 2.05) is 13.8 Å². The molecule has 2 N–H and O–H groups in total. The smallest absolute Gasteiger partial charge is 0.331 e. The molecule has 1 atom stereocenters. The van der Waals surface area contributed by atoms with Crippen LogP contribution in [0.2, 0.25) is 0 Å². The number of allylic oxidation sites excluding steroid dienone is 3. The van der Waals surface area contributed by atoms with Crippen LogP contribution >= 0.6 is 11.6 Å². The van der Waals surface area contributed by atoms with Gasteiger partial charge >= 0.3 is 5.97 Å². The fraction of sp³-hybridized carbons (Fsp3) is 0.500. The molecule has 4 heteroatoms. The van der Waals surface area contributed by atoms with E-state index in [0.29, 0.717) is 0 Å². The lowest BCUT2D eigenvalue weighted by Crippen LogP contribution is -2.34. The van der Waals surface area contributed by atoms with Crippen LogP contribution in [0.25, 0.3) is 0 Å². The van der Waals surface area contributed by atoms with Gasteiger partial charge in [0.05, 0.1) is 0 Å². The standard InChI is InChI=1S/C10H13ClO3/c1-6(2)10(11)5-7(9(13)14)3-4-8(10)12/h3-4,6,12H,5H2,1-2H3,(H,13,14). The molecule has 1 unspecified atom stereocenters. The van der Waals surface area contributed by atoms with Crippen molar-refractivity contribution in [2.45, 2.75) is 25.1 Å². The van der Waals surface area contributed by atoms with Crippen molar-refractivity contribution in [2.75, 3.05) is 0 Å². The van der Waals surface area contributed by atoms with Gasteiger partial charge in [0.25, 0.3) is 0 Å². The average molecular weight is 217 g/mol. The Morgan fingerprint density at radius 3 is 2.57 bits per heavy atom. The van der Waals surface area contributed by atoms with Gasteiger partial charge in [-0.15, -0.1) is 11.6 Å². The minimum atomic E-state index is -0.987. The summed E-state index contributed by atoms with van der Waals surface area (Å²) in [7, 11) is 0. The van der Waals surface area contributed by atoms with Crippen LogP contribution in [0.15, 0.2) is 23.5 Å². The molecular formula is C10H13ClO3. The molecule has 1 rings (SSSR count). The number of halogens is 1. The highest BCUT2D eigenvalue weighted by atomic mass is 35.5. The second-order valence-corrected chi connectivity index (χ2v) is 4.42. The quantitative estimate of drug-likeness (QED) is 0.698. The van der Waals surface area contributed by atoms with Crippen molar-refractivity contribution < 1.29 is 15.0 Å². The van der Waals surface area contributed by atoms with Crippen LogP contribution in [0.5, 0.6) is 0 Å². The van der Waals surface area contributed by atoms with Crippen molar-refractivity contribution >= 4 is 17.6 Å². The number of hydrogen-bond donors (Lipinski definition) is 2. The summed E-state index contributed by atoms with van der Waals surface area (Å²) in [6.45, 7) is 3.70. The van der Waals surface area contributed by atoms with Gasteiger partial charge in [-0.3, -0.25) is 0 Å². The number of alkyl halides is 1. The summed E-state index contributed by atoms with van der Waals surface area (Å²) in [6, 6.07) is 0. The maximum atomic E-state index is 10.7. The first-order chi connectivity index (χ1) is 6.38. The highest BCUT2D eigenvalue weighted by Gasteiger charge is 2.39. The van der Waals surface area contributed by atoms with Crippen molar-refractivity contribution in [3.05, 3.63) is 23.5 Å². The zero-order valence-electron chi connectivity index (χ0n) is 8.12. The van der Waals surface area contributed by atoms with Gasteiger partial charge < -0.3 is 10.2 Å². The van der Waals surface area contributed by atoms with Gasteiger partial charge in [0, 0.05) is 12.0 Å². The molecule has 0 saturated carbocycles. The molecule has 1 aliphatic rings. The summed E-state index contributed by atoms with van der Waals surface area (Å²) in [6.07, 6.45) is 2.91. The summed E-state index contributed by atoms with van der Waals surface area (Å²) in [5.41, 5.74) is 0.228. The number of carbonyl (C=O) groups is 1. The average Bonchev–Trinajstić information content (AvgIpc) is 2.09. The van der Waals surface area contributed by atoms with Gasteiger partial charge in [0.2, 0.25) is 0 Å². The molecule has 0 aliphatic heterocycles. The van der Waals surface area contributed by atoms with Gasteiger partial charge in [0.1, 0.15) is 10.6 Å². The molecule has 0 aromatic rings. The van der Waals surface area contributed by atoms with Crippen molar-refractivity contribution in [1.82, 2.24) is 0 Å². The van der Waals surface area contributed by atoms with Gasteiger partial charge in [-0.1, -0.05) is 13.8 Å². The van der Waals surface area contributed by atoms with Gasteiger partial charge in [-0.2, -0.15) is 0 Å². The molecule has 1 aliphatic carbocycles. The number of aliphatic carboxylic acids is 1. The van der Waals surface area contributed by atoms with Crippen LogP contribution in [0.3, 0.4) is 0 Å². The number of aliphatic hydroxyl groups is 1. The van der Waals surface area contributed by atoms with E-state index in [9.17, 15) is 9.90 Å². The highest BCUT2D eigenvalue weighted by Crippen LogP contribution is 2.40. The fourth-order valence-corrected chi connectivity index (χ4v) is 1.60. The summed E-state index contributed by atoms with van der Waals surface area (Å²) < 4.78 is 0. The number of aliphatic hydroxyl groups excluding tert-OH is 1. The first kappa shape index (κ1) is 11.1. The largest absolute Gasteiger partial charge is 0.510 e. The molecule has 0 radical (unpaired) electrons. The number of rotatable bonds is 2. The Bertz CT molecular complexity index is 317. The molecule has 0 fully saturated rings. The van der Waals surface area contributed by atoms with Crippen LogP contribution in [0, 0.1) is 5.92 Å². The molecule has 78 valence electrons. The predicted molar refractivity (Wildman–Crippen MR) is 54.5 cm³/mol. The zero-order valence-corrected chi connectivity index (χ0v) is 8.88. The van der Waals surface area contributed by atoms with Crippen LogP contribution < -0.4 is 0 Å². The summed E-state index contributed by atoms with van der Waals surface area (Å²) >= 11 is 6.18. The van der Waals surface area contributed by atoms with Gasteiger partial charge in [-0.05, 0) is 18.1 Å². The summed E-state index contributed by atoms with van der Waals surface area (Å²) in [5, 5.41) is 18.4. The van der Waals surface area contributed by atoms with Crippen molar-refractivity contribution in [3.8, 4) is 0 Å². The molecule has 14 heavy (non-hydrogen) atoms. The Morgan fingerprint density at radius 2 is 2.14 bits per heavy atom. The second-order valence-electron chi connectivity index (χ2n) is 3.74. The van der Waals surface area contributed by atoms with E-state index < -0.39 is 10.8 Å². The van der Waals surface area contributed by atoms with E-state index in [-0.39, 0.29) is 23.7 Å². The van der Waals surface area contributed by atoms with Crippen LogP contribution in [0.4, 0.5) is 0 Å². The van der Waals surface area contributed by atoms with E-state index in [1.54, 1.807) is 0 Å². The Hall–Kier alpha value is -0.960. The van der Waals surface area contributed by atoms with Gasteiger partial charge in [-0.25, -0.2) is 4.79 Å². The lowest BCUT2D eigenvalue weighted by atomic mass is 9.83. The third-order valence-corrected chi connectivity index (χ3v) is 3.27. The van der Waals surface area contributed by atoms with Crippen LogP contribution in [0.1, 0.15) is 20.3 Å². The van der Waals surface area contributed by atoms with Crippen molar-refractivity contribution in [3.63, 3.8) is 0 Å². The number of hydrogen-bond acceptors (Lipinski definition) is 2. The normalized spacial score (nSPS) is 27.1. The molecule has 0 amide bonds. The fourth-order valence-electron chi connectivity index (χ4n) is 1.39. The Labute approximate surface area is 87.7 Å².